The lowest BCUT2D eigenvalue weighted by molar-refractivity contribution is -0.136. The first-order chi connectivity index (χ1) is 8.13. The molecule has 2 saturated heterocycles. The van der Waals surface area contributed by atoms with Gasteiger partial charge >= 0.3 is 0 Å². The highest BCUT2D eigenvalue weighted by Crippen LogP contribution is 2.24. The summed E-state index contributed by atoms with van der Waals surface area (Å²) in [5.74, 6) is 0.137. The quantitative estimate of drug-likeness (QED) is 0.795. The van der Waals surface area contributed by atoms with Crippen LogP contribution in [0.4, 0.5) is 0 Å². The van der Waals surface area contributed by atoms with Gasteiger partial charge in [-0.05, 0) is 19.9 Å². The molecule has 18 heavy (non-hydrogen) atoms. The van der Waals surface area contributed by atoms with Gasteiger partial charge in [-0.3, -0.25) is 9.59 Å². The summed E-state index contributed by atoms with van der Waals surface area (Å²) in [6, 6.07) is 0.313. The summed E-state index contributed by atoms with van der Waals surface area (Å²) >= 11 is 0. The molecule has 2 aliphatic heterocycles. The van der Waals surface area contributed by atoms with E-state index in [1.54, 1.807) is 11.9 Å². The Morgan fingerprint density at radius 3 is 2.78 bits per heavy atom. The molecule has 2 rings (SSSR count). The average molecular weight is 276 g/mol. The molecule has 2 aliphatic rings. The summed E-state index contributed by atoms with van der Waals surface area (Å²) in [4.78, 5) is 27.4. The first-order valence-electron chi connectivity index (χ1n) is 6.32. The van der Waals surface area contributed by atoms with Crippen LogP contribution in [0.5, 0.6) is 0 Å². The Hall–Kier alpha value is -0.810. The van der Waals surface area contributed by atoms with Crippen LogP contribution in [0.1, 0.15) is 19.3 Å². The maximum Gasteiger partial charge on any atom is 0.228 e. The highest BCUT2D eigenvalue weighted by atomic mass is 35.5. The lowest BCUT2D eigenvalue weighted by Gasteiger charge is -2.27. The summed E-state index contributed by atoms with van der Waals surface area (Å²) in [5, 5.41) is 3.13. The van der Waals surface area contributed by atoms with Crippen molar-refractivity contribution in [2.45, 2.75) is 25.3 Å². The number of likely N-dealkylation sites (N-methyl/N-ethyl adjacent to an activating group) is 1. The number of likely N-dealkylation sites (tertiary alicyclic amines) is 2. The maximum absolute atomic E-state index is 12.3. The van der Waals surface area contributed by atoms with Gasteiger partial charge in [-0.25, -0.2) is 0 Å². The van der Waals surface area contributed by atoms with Crippen molar-refractivity contribution in [1.29, 1.82) is 0 Å². The molecule has 5 nitrogen and oxygen atoms in total. The smallest absolute Gasteiger partial charge is 0.228 e. The zero-order valence-electron chi connectivity index (χ0n) is 11.0. The molecule has 0 radical (unpaired) electrons. The summed E-state index contributed by atoms with van der Waals surface area (Å²) in [5.41, 5.74) is 0. The molecule has 0 aromatic rings. The van der Waals surface area contributed by atoms with Crippen molar-refractivity contribution in [1.82, 2.24) is 15.1 Å². The Balaban J connectivity index is 0.00000162. The second kappa shape index (κ2) is 6.38. The van der Waals surface area contributed by atoms with Crippen LogP contribution in [-0.2, 0) is 9.59 Å². The Bertz CT molecular complexity index is 324. The maximum atomic E-state index is 12.3. The number of amides is 2. The minimum absolute atomic E-state index is 0. The van der Waals surface area contributed by atoms with E-state index in [-0.39, 0.29) is 30.1 Å². The predicted octanol–water partition coefficient (Wildman–Crippen LogP) is 0.0969. The van der Waals surface area contributed by atoms with Gasteiger partial charge in [0.1, 0.15) is 0 Å². The number of rotatable bonds is 3. The van der Waals surface area contributed by atoms with Crippen LogP contribution in [0.3, 0.4) is 0 Å². The highest BCUT2D eigenvalue weighted by Gasteiger charge is 2.38. The number of hydrogen-bond acceptors (Lipinski definition) is 3. The van der Waals surface area contributed by atoms with Gasteiger partial charge in [0.05, 0.1) is 5.92 Å². The number of hydrogen-bond donors (Lipinski definition) is 1. The minimum atomic E-state index is -0.120. The van der Waals surface area contributed by atoms with Gasteiger partial charge in [-0.1, -0.05) is 0 Å². The van der Waals surface area contributed by atoms with Gasteiger partial charge in [0.25, 0.3) is 0 Å². The molecule has 104 valence electrons. The normalized spacial score (nSPS) is 27.6. The van der Waals surface area contributed by atoms with E-state index in [0.717, 1.165) is 25.9 Å². The number of carbonyl (C=O) groups excluding carboxylic acids is 2. The van der Waals surface area contributed by atoms with E-state index in [1.807, 2.05) is 11.9 Å². The molecule has 2 atom stereocenters. The Morgan fingerprint density at radius 1 is 1.50 bits per heavy atom. The van der Waals surface area contributed by atoms with Gasteiger partial charge in [0, 0.05) is 39.1 Å². The van der Waals surface area contributed by atoms with E-state index in [9.17, 15) is 9.59 Å². The van der Waals surface area contributed by atoms with Gasteiger partial charge < -0.3 is 15.1 Å². The van der Waals surface area contributed by atoms with E-state index >= 15 is 0 Å². The summed E-state index contributed by atoms with van der Waals surface area (Å²) in [6.07, 6.45) is 2.54. The summed E-state index contributed by atoms with van der Waals surface area (Å²) in [6.45, 7) is 2.28. The van der Waals surface area contributed by atoms with Crippen molar-refractivity contribution in [3.63, 3.8) is 0 Å². The lowest BCUT2D eigenvalue weighted by Crippen LogP contribution is -2.44. The van der Waals surface area contributed by atoms with Crippen LogP contribution >= 0.6 is 12.4 Å². The first-order valence-corrected chi connectivity index (χ1v) is 6.32. The van der Waals surface area contributed by atoms with E-state index in [2.05, 4.69) is 5.32 Å². The molecule has 0 aromatic heterocycles. The zero-order chi connectivity index (χ0) is 12.4. The fraction of sp³-hybridized carbons (Fsp3) is 0.833. The number of halogens is 1. The standard InChI is InChI=1S/C12H21N3O2.ClH/c1-13-7-10-4-3-5-15(10)12(17)9-6-11(16)14(2)8-9;/h9-10,13H,3-8H2,1-2H3;1H. The monoisotopic (exact) mass is 275 g/mol. The molecule has 0 bridgehead atoms. The van der Waals surface area contributed by atoms with Crippen LogP contribution in [0.25, 0.3) is 0 Å². The number of nitrogens with zero attached hydrogens (tertiary/aromatic N) is 2. The SMILES string of the molecule is CNCC1CCCN1C(=O)C1CC(=O)N(C)C1.Cl. The fourth-order valence-electron chi connectivity index (χ4n) is 2.84. The Morgan fingerprint density at radius 2 is 2.22 bits per heavy atom. The molecule has 2 unspecified atom stereocenters. The van der Waals surface area contributed by atoms with Crippen LogP contribution in [-0.4, -0.2) is 61.4 Å². The van der Waals surface area contributed by atoms with Crippen LogP contribution in [0, 0.1) is 5.92 Å². The molecular formula is C12H22ClN3O2. The average Bonchev–Trinajstić information content (AvgIpc) is 2.87. The van der Waals surface area contributed by atoms with Crippen LogP contribution in [0.15, 0.2) is 0 Å². The van der Waals surface area contributed by atoms with Gasteiger partial charge in [0.2, 0.25) is 11.8 Å². The van der Waals surface area contributed by atoms with E-state index < -0.39 is 0 Å². The van der Waals surface area contributed by atoms with Crippen LogP contribution < -0.4 is 5.32 Å². The second-order valence-corrected chi connectivity index (χ2v) is 5.06. The number of carbonyl (C=O) groups is 2. The molecule has 2 fully saturated rings. The molecule has 0 saturated carbocycles. The molecule has 2 heterocycles. The summed E-state index contributed by atoms with van der Waals surface area (Å²) in [7, 11) is 3.68. The van der Waals surface area contributed by atoms with Gasteiger partial charge in [-0.2, -0.15) is 0 Å². The molecule has 6 heteroatoms. The van der Waals surface area contributed by atoms with E-state index in [0.29, 0.717) is 19.0 Å². The largest absolute Gasteiger partial charge is 0.345 e. The third-order valence-electron chi connectivity index (χ3n) is 3.79. The van der Waals surface area contributed by atoms with Crippen molar-refractivity contribution in [2.24, 2.45) is 5.92 Å². The van der Waals surface area contributed by atoms with Crippen LogP contribution in [0.2, 0.25) is 0 Å². The van der Waals surface area contributed by atoms with E-state index in [4.69, 9.17) is 0 Å². The first kappa shape index (κ1) is 15.2. The molecular weight excluding hydrogens is 254 g/mol. The Kier molecular flexibility index (Phi) is 5.41. The zero-order valence-corrected chi connectivity index (χ0v) is 11.8. The van der Waals surface area contributed by atoms with E-state index in [1.165, 1.54) is 0 Å². The third-order valence-corrected chi connectivity index (χ3v) is 3.79. The molecule has 0 aliphatic carbocycles. The predicted molar refractivity (Wildman–Crippen MR) is 71.7 cm³/mol. The van der Waals surface area contributed by atoms with Crippen molar-refractivity contribution >= 4 is 24.2 Å². The van der Waals surface area contributed by atoms with Crippen molar-refractivity contribution in [3.8, 4) is 0 Å². The highest BCUT2D eigenvalue weighted by molar-refractivity contribution is 5.89. The lowest BCUT2D eigenvalue weighted by atomic mass is 10.1. The third kappa shape index (κ3) is 2.95. The van der Waals surface area contributed by atoms with Gasteiger partial charge in [-0.15, -0.1) is 12.4 Å². The van der Waals surface area contributed by atoms with Gasteiger partial charge in [0.15, 0.2) is 0 Å². The fourth-order valence-corrected chi connectivity index (χ4v) is 2.84. The minimum Gasteiger partial charge on any atom is -0.345 e. The number of nitrogens with one attached hydrogen (secondary N) is 1. The van der Waals surface area contributed by atoms with Crippen molar-refractivity contribution in [3.05, 3.63) is 0 Å². The van der Waals surface area contributed by atoms with Crippen molar-refractivity contribution in [2.75, 3.05) is 33.7 Å². The molecule has 1 N–H and O–H groups in total. The van der Waals surface area contributed by atoms with Crippen molar-refractivity contribution < 1.29 is 9.59 Å². The molecule has 2 amide bonds. The topological polar surface area (TPSA) is 52.7 Å². The summed E-state index contributed by atoms with van der Waals surface area (Å²) < 4.78 is 0. The molecule has 0 aromatic carbocycles. The second-order valence-electron chi connectivity index (χ2n) is 5.06. The Labute approximate surface area is 114 Å². The molecule has 0 spiro atoms.